The van der Waals surface area contributed by atoms with Crippen molar-refractivity contribution in [2.75, 3.05) is 19.8 Å². The van der Waals surface area contributed by atoms with E-state index in [-0.39, 0.29) is 18.9 Å². The zero-order valence-corrected chi connectivity index (χ0v) is 52.0. The number of amides is 1. The Hall–Kier alpha value is -2.05. The van der Waals surface area contributed by atoms with E-state index >= 15 is 0 Å². The lowest BCUT2D eigenvalue weighted by molar-refractivity contribution is -0.359. The van der Waals surface area contributed by atoms with E-state index in [2.05, 4.69) is 55.6 Å². The van der Waals surface area contributed by atoms with Crippen molar-refractivity contribution in [3.63, 3.8) is 0 Å². The van der Waals surface area contributed by atoms with Crippen LogP contribution in [0.4, 0.5) is 0 Å². The fourth-order valence-corrected chi connectivity index (χ4v) is 11.0. The molecule has 2 aliphatic heterocycles. The number of allylic oxidation sites excluding steroid dienone is 7. The fraction of sp³-hybridized carbons (Fsp3) is 0.868. The molecule has 1 amide bonds. The smallest absolute Gasteiger partial charge is 0.220 e. The van der Waals surface area contributed by atoms with Crippen LogP contribution in [0, 0.1) is 0 Å². The van der Waals surface area contributed by atoms with Gasteiger partial charge in [0.1, 0.15) is 48.8 Å². The maximum absolute atomic E-state index is 13.2. The zero-order chi connectivity index (χ0) is 59.5. The molecule has 0 aromatic rings. The number of hydrogen-bond acceptors (Lipinski definition) is 13. The van der Waals surface area contributed by atoms with Gasteiger partial charge in [-0.05, 0) is 64.2 Å². The van der Waals surface area contributed by atoms with Crippen LogP contribution in [0.1, 0.15) is 284 Å². The highest BCUT2D eigenvalue weighted by molar-refractivity contribution is 5.76. The predicted molar refractivity (Wildman–Crippen MR) is 332 cm³/mol. The maximum Gasteiger partial charge on any atom is 0.220 e. The van der Waals surface area contributed by atoms with Crippen molar-refractivity contribution in [2.45, 2.75) is 357 Å². The van der Waals surface area contributed by atoms with Gasteiger partial charge in [0, 0.05) is 6.42 Å². The van der Waals surface area contributed by atoms with Gasteiger partial charge in [0.05, 0.1) is 32.0 Å². The molecule has 12 atom stereocenters. The molecule has 2 fully saturated rings. The topological polar surface area (TPSA) is 228 Å². The van der Waals surface area contributed by atoms with Gasteiger partial charge in [-0.2, -0.15) is 0 Å². The first-order valence-electron chi connectivity index (χ1n) is 33.9. The lowest BCUT2D eigenvalue weighted by atomic mass is 9.97. The monoisotopic (exact) mass is 1160 g/mol. The van der Waals surface area contributed by atoms with Crippen molar-refractivity contribution in [2.24, 2.45) is 0 Å². The molecule has 2 aliphatic rings. The first-order valence-corrected chi connectivity index (χ1v) is 33.9. The Morgan fingerprint density at radius 2 is 0.817 bits per heavy atom. The molecule has 0 bridgehead atoms. The lowest BCUT2D eigenvalue weighted by Crippen LogP contribution is -2.65. The molecule has 0 radical (unpaired) electrons. The second-order valence-electron chi connectivity index (χ2n) is 23.9. The minimum atomic E-state index is -1.79. The first-order chi connectivity index (χ1) is 40.1. The van der Waals surface area contributed by atoms with Crippen molar-refractivity contribution < 1.29 is 64.6 Å². The highest BCUT2D eigenvalue weighted by Gasteiger charge is 2.51. The van der Waals surface area contributed by atoms with Crippen LogP contribution in [0.5, 0.6) is 0 Å². The third-order valence-corrected chi connectivity index (χ3v) is 16.5. The van der Waals surface area contributed by atoms with Crippen molar-refractivity contribution in [1.82, 2.24) is 5.32 Å². The molecule has 480 valence electrons. The number of carbonyl (C=O) groups is 1. The number of nitrogens with one attached hydrogen (secondary N) is 1. The van der Waals surface area contributed by atoms with E-state index in [1.54, 1.807) is 6.08 Å². The molecule has 14 heteroatoms. The van der Waals surface area contributed by atoms with Crippen LogP contribution in [0.3, 0.4) is 0 Å². The Labute approximate surface area is 499 Å². The Morgan fingerprint density at radius 1 is 0.439 bits per heavy atom. The van der Waals surface area contributed by atoms with E-state index in [1.165, 1.54) is 205 Å². The molecule has 0 saturated carbocycles. The summed E-state index contributed by atoms with van der Waals surface area (Å²) in [5, 5.41) is 86.8. The Bertz CT molecular complexity index is 1560. The summed E-state index contributed by atoms with van der Waals surface area (Å²) < 4.78 is 22.7. The third kappa shape index (κ3) is 37.5. The quantitative estimate of drug-likeness (QED) is 0.0204. The number of carbonyl (C=O) groups excluding carboxylic acids is 1. The molecular weight excluding hydrogens is 1040 g/mol. The van der Waals surface area contributed by atoms with Gasteiger partial charge in [0.2, 0.25) is 5.91 Å². The standard InChI is InChI=1S/C68H125NO13/c1-3-5-7-9-11-13-14-15-16-17-18-19-20-21-22-23-24-25-26-27-28-29-30-31-32-33-34-35-36-37-38-39-40-41-42-44-46-48-50-52-60(73)69-56(57(72)51-49-47-45-43-12-10-8-6-4-2)55-79-67-65(78)63(76)66(59(54-71)81-67)82-68-64(77)62(75)61(74)58(53-70)80-68/h12,14-15,17-18,43,49,51,56-59,61-68,70-72,74-78H,3-11,13,16,19-42,44-48,50,52-55H2,1-2H3,(H,69,73)/b15-14-,18-17-,43-12+,51-49+. The Morgan fingerprint density at radius 3 is 1.29 bits per heavy atom. The van der Waals surface area contributed by atoms with E-state index in [9.17, 15) is 45.6 Å². The van der Waals surface area contributed by atoms with Gasteiger partial charge in [-0.1, -0.05) is 262 Å². The van der Waals surface area contributed by atoms with Crippen molar-refractivity contribution in [1.29, 1.82) is 0 Å². The summed E-state index contributed by atoms with van der Waals surface area (Å²) in [5.74, 6) is -0.248. The Kier molecular flexibility index (Phi) is 49.3. The average molecular weight is 1160 g/mol. The van der Waals surface area contributed by atoms with E-state index in [4.69, 9.17) is 18.9 Å². The van der Waals surface area contributed by atoms with Crippen LogP contribution in [-0.4, -0.2) is 140 Å². The van der Waals surface area contributed by atoms with Crippen LogP contribution in [0.2, 0.25) is 0 Å². The van der Waals surface area contributed by atoms with Crippen molar-refractivity contribution in [3.05, 3.63) is 48.6 Å². The van der Waals surface area contributed by atoms with Gasteiger partial charge < -0.3 is 65.1 Å². The van der Waals surface area contributed by atoms with Crippen molar-refractivity contribution in [3.8, 4) is 0 Å². The van der Waals surface area contributed by atoms with Crippen LogP contribution < -0.4 is 5.32 Å². The van der Waals surface area contributed by atoms with E-state index in [1.807, 2.05) is 6.08 Å². The number of hydrogen-bond donors (Lipinski definition) is 9. The molecule has 14 nitrogen and oxygen atoms in total. The fourth-order valence-electron chi connectivity index (χ4n) is 11.0. The number of ether oxygens (including phenoxy) is 4. The maximum atomic E-state index is 13.2. The normalized spacial score (nSPS) is 24.2. The molecular formula is C68H125NO13. The van der Waals surface area contributed by atoms with Gasteiger partial charge in [-0.15, -0.1) is 0 Å². The molecule has 0 spiro atoms. The van der Waals surface area contributed by atoms with Gasteiger partial charge in [-0.25, -0.2) is 0 Å². The minimum Gasteiger partial charge on any atom is -0.394 e. The second kappa shape index (κ2) is 53.2. The summed E-state index contributed by atoms with van der Waals surface area (Å²) in [6.07, 6.45) is 52.3. The molecule has 0 aromatic heterocycles. The molecule has 2 saturated heterocycles. The summed E-state index contributed by atoms with van der Waals surface area (Å²) in [5.41, 5.74) is 0. The van der Waals surface area contributed by atoms with Gasteiger partial charge >= 0.3 is 0 Å². The summed E-state index contributed by atoms with van der Waals surface area (Å²) in [6, 6.07) is -0.928. The van der Waals surface area contributed by atoms with Crippen LogP contribution >= 0.6 is 0 Å². The zero-order valence-electron chi connectivity index (χ0n) is 52.0. The number of aliphatic hydroxyl groups excluding tert-OH is 8. The van der Waals surface area contributed by atoms with E-state index in [0.717, 1.165) is 44.9 Å². The highest BCUT2D eigenvalue weighted by atomic mass is 16.7. The van der Waals surface area contributed by atoms with E-state index in [0.29, 0.717) is 12.8 Å². The second-order valence-corrected chi connectivity index (χ2v) is 23.9. The third-order valence-electron chi connectivity index (χ3n) is 16.5. The van der Waals surface area contributed by atoms with Crippen LogP contribution in [0.25, 0.3) is 0 Å². The lowest BCUT2D eigenvalue weighted by Gasteiger charge is -2.46. The van der Waals surface area contributed by atoms with Gasteiger partial charge in [-0.3, -0.25) is 4.79 Å². The van der Waals surface area contributed by atoms with Crippen molar-refractivity contribution >= 4 is 5.91 Å². The largest absolute Gasteiger partial charge is 0.394 e. The predicted octanol–water partition coefficient (Wildman–Crippen LogP) is 13.1. The van der Waals surface area contributed by atoms with Crippen LogP contribution in [0.15, 0.2) is 48.6 Å². The summed E-state index contributed by atoms with van der Waals surface area (Å²) in [6.45, 7) is 2.72. The van der Waals surface area contributed by atoms with Gasteiger partial charge in [0.25, 0.3) is 0 Å². The average Bonchev–Trinajstić information content (AvgIpc) is 3.24. The molecule has 82 heavy (non-hydrogen) atoms. The first kappa shape index (κ1) is 76.0. The summed E-state index contributed by atoms with van der Waals surface area (Å²) in [7, 11) is 0. The Balaban J connectivity index is 1.51. The van der Waals surface area contributed by atoms with E-state index < -0.39 is 86.8 Å². The molecule has 2 heterocycles. The summed E-state index contributed by atoms with van der Waals surface area (Å²) >= 11 is 0. The molecule has 0 aromatic carbocycles. The SMILES string of the molecule is CCCCC/C=C/CC/C=C/C(O)C(COC1OC(CO)C(OC2OC(CO)C(O)C(O)C2O)C(O)C1O)NC(=O)CCCCCCCCCCCCCCCCCCCCCCCCCCCCC/C=C\C/C=C\CCCCCCC. The molecule has 0 aliphatic carbocycles. The molecule has 12 unspecified atom stereocenters. The highest BCUT2D eigenvalue weighted by Crippen LogP contribution is 2.30. The summed E-state index contributed by atoms with van der Waals surface area (Å²) in [4.78, 5) is 13.2. The number of unbranched alkanes of at least 4 members (excludes halogenated alkanes) is 36. The van der Waals surface area contributed by atoms with Gasteiger partial charge in [0.15, 0.2) is 12.6 Å². The number of rotatable bonds is 55. The van der Waals surface area contributed by atoms with Crippen LogP contribution in [-0.2, 0) is 23.7 Å². The molecule has 2 rings (SSSR count). The minimum absolute atomic E-state index is 0.248. The number of aliphatic hydroxyl groups is 8. The molecule has 9 N–H and O–H groups in total.